The van der Waals surface area contributed by atoms with Crippen LogP contribution in [0.4, 0.5) is 0 Å². The van der Waals surface area contributed by atoms with Crippen LogP contribution in [0.3, 0.4) is 0 Å². The molecule has 2 rings (SSSR count). The Labute approximate surface area is 117 Å². The van der Waals surface area contributed by atoms with Gasteiger partial charge in [-0.2, -0.15) is 5.10 Å². The van der Waals surface area contributed by atoms with E-state index in [0.29, 0.717) is 11.4 Å². The number of rotatable bonds is 4. The van der Waals surface area contributed by atoms with Crippen molar-refractivity contribution in [2.24, 2.45) is 7.05 Å². The number of aromatic nitrogens is 2. The van der Waals surface area contributed by atoms with Gasteiger partial charge in [0.15, 0.2) is 0 Å². The first-order valence-electron chi connectivity index (χ1n) is 6.02. The number of aryl methyl sites for hydroxylation is 1. The maximum Gasteiger partial charge on any atom is 0.122 e. The molecule has 0 aliphatic carbocycles. The smallest absolute Gasteiger partial charge is 0.122 e. The van der Waals surface area contributed by atoms with E-state index < -0.39 is 6.10 Å². The molecule has 1 unspecified atom stereocenters. The van der Waals surface area contributed by atoms with Crippen LogP contribution in [-0.2, 0) is 13.5 Å². The SMILES string of the molecule is COc1ccc(Cl)cc1CC(O)c1cnn(C)c1C. The lowest BCUT2D eigenvalue weighted by molar-refractivity contribution is 0.176. The summed E-state index contributed by atoms with van der Waals surface area (Å²) in [6, 6.07) is 5.39. The lowest BCUT2D eigenvalue weighted by Gasteiger charge is -2.13. The fourth-order valence-corrected chi connectivity index (χ4v) is 2.26. The molecule has 102 valence electrons. The minimum Gasteiger partial charge on any atom is -0.496 e. The van der Waals surface area contributed by atoms with Gasteiger partial charge in [-0.1, -0.05) is 11.6 Å². The second-order valence-electron chi connectivity index (χ2n) is 4.49. The molecule has 4 nitrogen and oxygen atoms in total. The second-order valence-corrected chi connectivity index (χ2v) is 4.92. The first kappa shape index (κ1) is 13.9. The zero-order valence-corrected chi connectivity index (χ0v) is 12.0. The molecule has 0 aliphatic rings. The summed E-state index contributed by atoms with van der Waals surface area (Å²) in [7, 11) is 3.46. The molecule has 1 aromatic heterocycles. The third-order valence-corrected chi connectivity index (χ3v) is 3.52. The minimum absolute atomic E-state index is 0.441. The standard InChI is InChI=1S/C14H17ClN2O2/c1-9-12(8-16-17(9)2)13(18)7-10-6-11(15)4-5-14(10)19-3/h4-6,8,13,18H,7H2,1-3H3. The van der Waals surface area contributed by atoms with Crippen LogP contribution >= 0.6 is 11.6 Å². The number of benzene rings is 1. The van der Waals surface area contributed by atoms with Crippen LogP contribution in [0.5, 0.6) is 5.75 Å². The molecule has 0 saturated carbocycles. The maximum absolute atomic E-state index is 10.3. The molecule has 0 fully saturated rings. The topological polar surface area (TPSA) is 47.3 Å². The van der Waals surface area contributed by atoms with Crippen LogP contribution in [0.25, 0.3) is 0 Å². The van der Waals surface area contributed by atoms with Crippen LogP contribution in [0, 0.1) is 6.92 Å². The summed E-state index contributed by atoms with van der Waals surface area (Å²) in [5.74, 6) is 0.727. The van der Waals surface area contributed by atoms with Crippen LogP contribution in [0.15, 0.2) is 24.4 Å². The van der Waals surface area contributed by atoms with Crippen molar-refractivity contribution in [2.75, 3.05) is 7.11 Å². The van der Waals surface area contributed by atoms with E-state index in [1.54, 1.807) is 30.1 Å². The van der Waals surface area contributed by atoms with Gasteiger partial charge in [0, 0.05) is 29.7 Å². The number of nitrogens with zero attached hydrogens (tertiary/aromatic N) is 2. The number of aliphatic hydroxyl groups excluding tert-OH is 1. The van der Waals surface area contributed by atoms with E-state index in [4.69, 9.17) is 16.3 Å². The Morgan fingerprint density at radius 3 is 2.79 bits per heavy atom. The summed E-state index contributed by atoms with van der Waals surface area (Å²) in [5.41, 5.74) is 2.66. The Kier molecular flexibility index (Phi) is 4.12. The molecule has 0 bridgehead atoms. The van der Waals surface area contributed by atoms with Gasteiger partial charge in [0.2, 0.25) is 0 Å². The maximum atomic E-state index is 10.3. The first-order valence-corrected chi connectivity index (χ1v) is 6.39. The minimum atomic E-state index is -0.624. The lowest BCUT2D eigenvalue weighted by atomic mass is 10.0. The summed E-state index contributed by atoms with van der Waals surface area (Å²) in [4.78, 5) is 0. The molecule has 0 spiro atoms. The van der Waals surface area contributed by atoms with Crippen molar-refractivity contribution in [1.82, 2.24) is 9.78 Å². The number of ether oxygens (including phenoxy) is 1. The van der Waals surface area contributed by atoms with Crippen molar-refractivity contribution < 1.29 is 9.84 Å². The molecule has 1 atom stereocenters. The molecule has 1 heterocycles. The lowest BCUT2D eigenvalue weighted by Crippen LogP contribution is -2.05. The molecular formula is C14H17ClN2O2. The van der Waals surface area contributed by atoms with E-state index in [2.05, 4.69) is 5.10 Å². The Hall–Kier alpha value is -1.52. The zero-order chi connectivity index (χ0) is 14.0. The summed E-state index contributed by atoms with van der Waals surface area (Å²) >= 11 is 5.98. The van der Waals surface area contributed by atoms with Crippen LogP contribution < -0.4 is 4.74 Å². The number of hydrogen-bond donors (Lipinski definition) is 1. The van der Waals surface area contributed by atoms with Gasteiger partial charge in [0.1, 0.15) is 5.75 Å². The summed E-state index contributed by atoms with van der Waals surface area (Å²) in [6.45, 7) is 1.93. The number of aliphatic hydroxyl groups is 1. The average molecular weight is 281 g/mol. The Bertz CT molecular complexity index is 581. The molecule has 0 saturated heterocycles. The van der Waals surface area contributed by atoms with E-state index >= 15 is 0 Å². The van der Waals surface area contributed by atoms with E-state index in [-0.39, 0.29) is 0 Å². The molecule has 19 heavy (non-hydrogen) atoms. The van der Waals surface area contributed by atoms with E-state index in [9.17, 15) is 5.11 Å². The van der Waals surface area contributed by atoms with Gasteiger partial charge >= 0.3 is 0 Å². The molecule has 0 amide bonds. The van der Waals surface area contributed by atoms with Gasteiger partial charge in [0.05, 0.1) is 19.4 Å². The van der Waals surface area contributed by atoms with Gasteiger partial charge < -0.3 is 9.84 Å². The van der Waals surface area contributed by atoms with Crippen molar-refractivity contribution >= 4 is 11.6 Å². The molecule has 1 aromatic carbocycles. The van der Waals surface area contributed by atoms with E-state index in [0.717, 1.165) is 22.6 Å². The summed E-state index contributed by atoms with van der Waals surface area (Å²) in [6.07, 6.45) is 1.51. The third kappa shape index (κ3) is 2.91. The molecule has 1 N–H and O–H groups in total. The van der Waals surface area contributed by atoms with E-state index in [1.165, 1.54) is 0 Å². The molecule has 5 heteroatoms. The number of halogens is 1. The van der Waals surface area contributed by atoms with Crippen molar-refractivity contribution in [3.63, 3.8) is 0 Å². The predicted molar refractivity (Wildman–Crippen MR) is 74.6 cm³/mol. The highest BCUT2D eigenvalue weighted by atomic mass is 35.5. The van der Waals surface area contributed by atoms with Crippen molar-refractivity contribution in [2.45, 2.75) is 19.4 Å². The highest BCUT2D eigenvalue weighted by Crippen LogP contribution is 2.28. The van der Waals surface area contributed by atoms with Gasteiger partial charge in [-0.3, -0.25) is 4.68 Å². The normalized spacial score (nSPS) is 12.5. The highest BCUT2D eigenvalue weighted by Gasteiger charge is 2.16. The fraction of sp³-hybridized carbons (Fsp3) is 0.357. The predicted octanol–water partition coefficient (Wildman–Crippen LogP) is 2.67. The zero-order valence-electron chi connectivity index (χ0n) is 11.2. The number of hydrogen-bond acceptors (Lipinski definition) is 3. The van der Waals surface area contributed by atoms with Gasteiger partial charge in [-0.25, -0.2) is 0 Å². The molecule has 0 aliphatic heterocycles. The monoisotopic (exact) mass is 280 g/mol. The average Bonchev–Trinajstić information content (AvgIpc) is 2.70. The van der Waals surface area contributed by atoms with E-state index in [1.807, 2.05) is 20.0 Å². The van der Waals surface area contributed by atoms with Crippen LogP contribution in [-0.4, -0.2) is 22.0 Å². The quantitative estimate of drug-likeness (QED) is 0.937. The van der Waals surface area contributed by atoms with Crippen molar-refractivity contribution in [3.05, 3.63) is 46.2 Å². The third-order valence-electron chi connectivity index (χ3n) is 3.29. The summed E-state index contributed by atoms with van der Waals surface area (Å²) in [5, 5.41) is 15.1. The largest absolute Gasteiger partial charge is 0.496 e. The Morgan fingerprint density at radius 1 is 1.47 bits per heavy atom. The van der Waals surface area contributed by atoms with Crippen LogP contribution in [0.2, 0.25) is 5.02 Å². The van der Waals surface area contributed by atoms with Crippen molar-refractivity contribution in [3.8, 4) is 5.75 Å². The molecule has 2 aromatic rings. The number of methoxy groups -OCH3 is 1. The molecular weight excluding hydrogens is 264 g/mol. The van der Waals surface area contributed by atoms with Gasteiger partial charge in [-0.15, -0.1) is 0 Å². The first-order chi connectivity index (χ1) is 9.02. The fourth-order valence-electron chi connectivity index (χ4n) is 2.07. The van der Waals surface area contributed by atoms with Crippen molar-refractivity contribution in [1.29, 1.82) is 0 Å². The van der Waals surface area contributed by atoms with Gasteiger partial charge in [0.25, 0.3) is 0 Å². The van der Waals surface area contributed by atoms with Crippen LogP contribution in [0.1, 0.15) is 22.9 Å². The molecule has 0 radical (unpaired) electrons. The van der Waals surface area contributed by atoms with Gasteiger partial charge in [-0.05, 0) is 30.7 Å². The second kappa shape index (κ2) is 5.63. The Balaban J connectivity index is 2.26. The highest BCUT2D eigenvalue weighted by molar-refractivity contribution is 6.30. The summed E-state index contributed by atoms with van der Waals surface area (Å²) < 4.78 is 7.03. The Morgan fingerprint density at radius 2 is 2.21 bits per heavy atom.